The lowest BCUT2D eigenvalue weighted by atomic mass is 10.1. The second-order valence-corrected chi connectivity index (χ2v) is 9.02. The number of hydrogen-bond donors (Lipinski definition) is 0. The van der Waals surface area contributed by atoms with Gasteiger partial charge in [0.05, 0.1) is 23.4 Å². The minimum absolute atomic E-state index is 0.0520. The van der Waals surface area contributed by atoms with E-state index in [1.54, 1.807) is 28.3 Å². The fraction of sp³-hybridized carbons (Fsp3) is 0.500. The highest BCUT2D eigenvalue weighted by Crippen LogP contribution is 2.33. The quantitative estimate of drug-likeness (QED) is 0.601. The van der Waals surface area contributed by atoms with Gasteiger partial charge in [-0.15, -0.1) is 0 Å². The van der Waals surface area contributed by atoms with Crippen LogP contribution in [0, 0.1) is 13.8 Å². The number of anilines is 1. The van der Waals surface area contributed by atoms with Gasteiger partial charge < -0.3 is 4.74 Å². The first kappa shape index (κ1) is 21.0. The van der Waals surface area contributed by atoms with Crippen molar-refractivity contribution in [3.05, 3.63) is 41.2 Å². The van der Waals surface area contributed by atoms with Gasteiger partial charge in [-0.3, -0.25) is 19.3 Å². The second kappa shape index (κ2) is 8.83. The van der Waals surface area contributed by atoms with Crippen molar-refractivity contribution in [2.24, 2.45) is 0 Å². The van der Waals surface area contributed by atoms with E-state index in [2.05, 4.69) is 36.0 Å². The number of hydrogen-bond acceptors (Lipinski definition) is 6. The van der Waals surface area contributed by atoms with Crippen LogP contribution in [-0.4, -0.2) is 65.0 Å². The maximum Gasteiger partial charge on any atom is 0.278 e. The molecule has 1 amide bonds. The summed E-state index contributed by atoms with van der Waals surface area (Å²) in [5.74, 6) is -0.0520. The van der Waals surface area contributed by atoms with Crippen molar-refractivity contribution in [3.8, 4) is 0 Å². The Labute approximate surface area is 181 Å². The minimum Gasteiger partial charge on any atom is -0.379 e. The molecule has 0 unspecified atom stereocenters. The Hall–Kier alpha value is -2.29. The number of aromatic nitrogens is 3. The first-order valence-electron chi connectivity index (χ1n) is 10.5. The van der Waals surface area contributed by atoms with Crippen molar-refractivity contribution >= 4 is 32.6 Å². The molecule has 0 atom stereocenters. The third kappa shape index (κ3) is 4.12. The predicted octanol–water partition coefficient (Wildman–Crippen LogP) is 3.67. The van der Waals surface area contributed by atoms with E-state index in [1.165, 1.54) is 5.56 Å². The van der Waals surface area contributed by atoms with E-state index in [4.69, 9.17) is 9.72 Å². The van der Waals surface area contributed by atoms with Gasteiger partial charge in [0.25, 0.3) is 5.91 Å². The third-order valence-electron chi connectivity index (χ3n) is 5.53. The van der Waals surface area contributed by atoms with Gasteiger partial charge in [-0.05, 0) is 44.9 Å². The van der Waals surface area contributed by atoms with E-state index in [-0.39, 0.29) is 11.9 Å². The van der Waals surface area contributed by atoms with Crippen molar-refractivity contribution in [2.45, 2.75) is 33.7 Å². The van der Waals surface area contributed by atoms with Crippen molar-refractivity contribution in [2.75, 3.05) is 44.3 Å². The zero-order valence-corrected chi connectivity index (χ0v) is 18.9. The summed E-state index contributed by atoms with van der Waals surface area (Å²) in [6, 6.07) is 6.12. The lowest BCUT2D eigenvalue weighted by Crippen LogP contribution is -2.43. The summed E-state index contributed by atoms with van der Waals surface area (Å²) in [5.41, 5.74) is 3.90. The smallest absolute Gasteiger partial charge is 0.278 e. The van der Waals surface area contributed by atoms with Crippen molar-refractivity contribution < 1.29 is 9.53 Å². The number of amides is 1. The average molecular weight is 428 g/mol. The minimum atomic E-state index is -0.0520. The number of thiazole rings is 1. The van der Waals surface area contributed by atoms with E-state index in [0.29, 0.717) is 12.2 Å². The van der Waals surface area contributed by atoms with Gasteiger partial charge in [0.1, 0.15) is 5.69 Å². The van der Waals surface area contributed by atoms with Crippen LogP contribution in [0.4, 0.5) is 5.13 Å². The van der Waals surface area contributed by atoms with Crippen LogP contribution in [0.5, 0.6) is 0 Å². The van der Waals surface area contributed by atoms with E-state index >= 15 is 0 Å². The topological polar surface area (TPSA) is 63.5 Å². The first-order chi connectivity index (χ1) is 14.5. The zero-order chi connectivity index (χ0) is 21.3. The number of carbonyl (C=O) groups excluding carboxylic acids is 1. The Bertz CT molecular complexity index is 997. The summed E-state index contributed by atoms with van der Waals surface area (Å²) in [6.45, 7) is 12.9. The summed E-state index contributed by atoms with van der Waals surface area (Å²) in [5, 5.41) is 5.11. The van der Waals surface area contributed by atoms with E-state index in [0.717, 1.165) is 53.8 Å². The Morgan fingerprint density at radius 2 is 1.93 bits per heavy atom. The standard InChI is InChI=1S/C22H29N5O2S/c1-15(2)27-18(7-8-23-27)21(28)26(10-9-25-11-13-29-14-12-25)22-24-19-16(3)5-6-17(4)20(19)30-22/h5-8,15H,9-14H2,1-4H3. The van der Waals surface area contributed by atoms with Crippen molar-refractivity contribution in [1.29, 1.82) is 0 Å². The molecule has 2 aromatic heterocycles. The van der Waals surface area contributed by atoms with Crippen LogP contribution in [0.1, 0.15) is 41.5 Å². The predicted molar refractivity (Wildman–Crippen MR) is 121 cm³/mol. The maximum atomic E-state index is 13.6. The molecule has 1 aliphatic rings. The molecule has 1 fully saturated rings. The summed E-state index contributed by atoms with van der Waals surface area (Å²) < 4.78 is 8.39. The Kier molecular flexibility index (Phi) is 6.17. The van der Waals surface area contributed by atoms with Crippen LogP contribution in [-0.2, 0) is 4.74 Å². The normalized spacial score (nSPS) is 15.2. The molecule has 1 aliphatic heterocycles. The van der Waals surface area contributed by atoms with Gasteiger partial charge in [-0.1, -0.05) is 23.5 Å². The fourth-order valence-corrected chi connectivity index (χ4v) is 4.88. The molecule has 0 bridgehead atoms. The third-order valence-corrected chi connectivity index (χ3v) is 6.74. The molecule has 1 aromatic carbocycles. The number of carbonyl (C=O) groups is 1. The van der Waals surface area contributed by atoms with Gasteiger partial charge in [-0.25, -0.2) is 4.98 Å². The molecule has 3 aromatic rings. The molecule has 0 N–H and O–H groups in total. The molecule has 8 heteroatoms. The molecule has 0 saturated carbocycles. The van der Waals surface area contributed by atoms with Crippen molar-refractivity contribution in [3.63, 3.8) is 0 Å². The number of aryl methyl sites for hydroxylation is 2. The van der Waals surface area contributed by atoms with Crippen LogP contribution in [0.2, 0.25) is 0 Å². The highest BCUT2D eigenvalue weighted by atomic mass is 32.1. The van der Waals surface area contributed by atoms with E-state index in [9.17, 15) is 4.79 Å². The second-order valence-electron chi connectivity index (χ2n) is 8.04. The highest BCUT2D eigenvalue weighted by Gasteiger charge is 2.26. The van der Waals surface area contributed by atoms with Gasteiger partial charge in [0.15, 0.2) is 5.13 Å². The summed E-state index contributed by atoms with van der Waals surface area (Å²) in [7, 11) is 0. The highest BCUT2D eigenvalue weighted by molar-refractivity contribution is 7.22. The summed E-state index contributed by atoms with van der Waals surface area (Å²) >= 11 is 1.59. The monoisotopic (exact) mass is 427 g/mol. The van der Waals surface area contributed by atoms with Crippen LogP contribution in [0.3, 0.4) is 0 Å². The number of rotatable bonds is 6. The van der Waals surface area contributed by atoms with Gasteiger partial charge in [-0.2, -0.15) is 5.10 Å². The van der Waals surface area contributed by atoms with Crippen LogP contribution >= 0.6 is 11.3 Å². The summed E-state index contributed by atoms with van der Waals surface area (Å²) in [6.07, 6.45) is 1.69. The fourth-order valence-electron chi connectivity index (χ4n) is 3.75. The molecule has 4 rings (SSSR count). The number of morpholine rings is 1. The molecule has 0 spiro atoms. The van der Waals surface area contributed by atoms with Gasteiger partial charge in [0.2, 0.25) is 0 Å². The zero-order valence-electron chi connectivity index (χ0n) is 18.1. The van der Waals surface area contributed by atoms with E-state index < -0.39 is 0 Å². The molecule has 1 saturated heterocycles. The molecule has 0 radical (unpaired) electrons. The largest absolute Gasteiger partial charge is 0.379 e. The average Bonchev–Trinajstić information content (AvgIpc) is 3.40. The van der Waals surface area contributed by atoms with Gasteiger partial charge >= 0.3 is 0 Å². The van der Waals surface area contributed by atoms with Crippen LogP contribution in [0.25, 0.3) is 10.2 Å². The number of benzene rings is 1. The summed E-state index contributed by atoms with van der Waals surface area (Å²) in [4.78, 5) is 22.7. The molecular formula is C22H29N5O2S. The molecule has 0 aliphatic carbocycles. The molecule has 3 heterocycles. The van der Waals surface area contributed by atoms with Crippen LogP contribution < -0.4 is 4.90 Å². The lowest BCUT2D eigenvalue weighted by molar-refractivity contribution is 0.0391. The number of fused-ring (bicyclic) bond motifs is 1. The molecule has 7 nitrogen and oxygen atoms in total. The maximum absolute atomic E-state index is 13.6. The van der Waals surface area contributed by atoms with Crippen molar-refractivity contribution in [1.82, 2.24) is 19.7 Å². The lowest BCUT2D eigenvalue weighted by Gasteiger charge is -2.29. The Morgan fingerprint density at radius 3 is 2.63 bits per heavy atom. The Morgan fingerprint density at radius 1 is 1.20 bits per heavy atom. The van der Waals surface area contributed by atoms with E-state index in [1.807, 2.05) is 18.7 Å². The van der Waals surface area contributed by atoms with Gasteiger partial charge in [0, 0.05) is 38.4 Å². The number of ether oxygens (including phenoxy) is 1. The number of nitrogens with zero attached hydrogens (tertiary/aromatic N) is 5. The molecule has 160 valence electrons. The Balaban J connectivity index is 1.69. The molecule has 30 heavy (non-hydrogen) atoms. The SMILES string of the molecule is Cc1ccc(C)c2sc(N(CCN3CCOCC3)C(=O)c3ccnn3C(C)C)nc12. The first-order valence-corrected chi connectivity index (χ1v) is 11.3. The van der Waals surface area contributed by atoms with Crippen LogP contribution in [0.15, 0.2) is 24.4 Å². The molecular weight excluding hydrogens is 398 g/mol.